The zero-order valence-corrected chi connectivity index (χ0v) is 13.7. The minimum atomic E-state index is -0.195. The Balaban J connectivity index is 1.97. The van der Waals surface area contributed by atoms with Crippen molar-refractivity contribution in [3.8, 4) is 0 Å². The number of thioether (sulfide) groups is 1. The molecule has 0 fully saturated rings. The fourth-order valence-electron chi connectivity index (χ4n) is 1.78. The van der Waals surface area contributed by atoms with Crippen molar-refractivity contribution >= 4 is 39.3 Å². The second-order valence-corrected chi connectivity index (χ2v) is 6.46. The second-order valence-electron chi connectivity index (χ2n) is 4.53. The summed E-state index contributed by atoms with van der Waals surface area (Å²) >= 11 is 5.13. The molecule has 0 bridgehead atoms. The highest BCUT2D eigenvalue weighted by atomic mass is 79.9. The molecule has 6 heteroatoms. The number of hydrogen-bond donors (Lipinski definition) is 3. The van der Waals surface area contributed by atoms with E-state index in [1.807, 2.05) is 42.5 Å². The molecule has 21 heavy (non-hydrogen) atoms. The van der Waals surface area contributed by atoms with Crippen molar-refractivity contribution in [1.29, 1.82) is 0 Å². The Bertz CT molecular complexity index is 631. The van der Waals surface area contributed by atoms with Crippen LogP contribution in [0.5, 0.6) is 0 Å². The Morgan fingerprint density at radius 2 is 1.81 bits per heavy atom. The number of hydrazine groups is 1. The number of benzene rings is 2. The van der Waals surface area contributed by atoms with Crippen LogP contribution in [0.15, 0.2) is 51.8 Å². The largest absolute Gasteiger partial charge is 0.398 e. The lowest BCUT2D eigenvalue weighted by atomic mass is 10.1. The lowest BCUT2D eigenvalue weighted by Gasteiger charge is -2.07. The number of carbonyl (C=O) groups is 1. The summed E-state index contributed by atoms with van der Waals surface area (Å²) < 4.78 is 1.02. The summed E-state index contributed by atoms with van der Waals surface area (Å²) in [6.07, 6.45) is 0.294. The van der Waals surface area contributed by atoms with E-state index in [0.29, 0.717) is 6.42 Å². The average Bonchev–Trinajstić information content (AvgIpc) is 2.49. The van der Waals surface area contributed by atoms with Crippen molar-refractivity contribution in [2.45, 2.75) is 17.1 Å². The summed E-state index contributed by atoms with van der Waals surface area (Å²) in [5.41, 5.74) is 11.0. The highest BCUT2D eigenvalue weighted by Crippen LogP contribution is 2.30. The molecule has 0 radical (unpaired) electrons. The summed E-state index contributed by atoms with van der Waals surface area (Å²) in [6.45, 7) is 0. The molecule has 0 aliphatic rings. The first-order valence-electron chi connectivity index (χ1n) is 6.33. The number of hydrogen-bond acceptors (Lipinski definition) is 4. The molecule has 2 rings (SSSR count). The normalized spacial score (nSPS) is 10.4. The van der Waals surface area contributed by atoms with E-state index in [4.69, 9.17) is 11.6 Å². The molecule has 0 saturated carbocycles. The minimum absolute atomic E-state index is 0.195. The Kier molecular flexibility index (Phi) is 5.67. The Morgan fingerprint density at radius 1 is 1.14 bits per heavy atom. The van der Waals surface area contributed by atoms with E-state index in [1.54, 1.807) is 11.8 Å². The van der Waals surface area contributed by atoms with Gasteiger partial charge < -0.3 is 5.73 Å². The van der Waals surface area contributed by atoms with Crippen LogP contribution in [-0.2, 0) is 17.0 Å². The summed E-state index contributed by atoms with van der Waals surface area (Å²) in [5.74, 6) is 5.70. The Labute approximate surface area is 136 Å². The fourth-order valence-corrected chi connectivity index (χ4v) is 3.26. The SMILES string of the molecule is NNC(=O)Cc1ccc(CSc2cc(Br)ccc2N)cc1. The molecule has 2 aromatic carbocycles. The van der Waals surface area contributed by atoms with Crippen molar-refractivity contribution in [3.05, 3.63) is 58.1 Å². The first kappa shape index (κ1) is 15.9. The van der Waals surface area contributed by atoms with E-state index in [1.165, 1.54) is 5.56 Å². The van der Waals surface area contributed by atoms with Crippen LogP contribution in [0.1, 0.15) is 11.1 Å². The third-order valence-electron chi connectivity index (χ3n) is 2.92. The molecule has 110 valence electrons. The maximum absolute atomic E-state index is 11.2. The molecular weight excluding hydrogens is 350 g/mol. The molecule has 0 aliphatic carbocycles. The van der Waals surface area contributed by atoms with Crippen LogP contribution >= 0.6 is 27.7 Å². The van der Waals surface area contributed by atoms with Gasteiger partial charge in [0.15, 0.2) is 0 Å². The van der Waals surface area contributed by atoms with Gasteiger partial charge in [-0.1, -0.05) is 40.2 Å². The van der Waals surface area contributed by atoms with Crippen LogP contribution in [-0.4, -0.2) is 5.91 Å². The van der Waals surface area contributed by atoms with Gasteiger partial charge in [-0.05, 0) is 29.3 Å². The van der Waals surface area contributed by atoms with Crippen molar-refractivity contribution in [2.75, 3.05) is 5.73 Å². The van der Waals surface area contributed by atoms with Crippen LogP contribution < -0.4 is 17.0 Å². The number of nitrogen functional groups attached to an aromatic ring is 1. The van der Waals surface area contributed by atoms with Crippen LogP contribution in [0.2, 0.25) is 0 Å². The molecule has 1 amide bonds. The van der Waals surface area contributed by atoms with Crippen molar-refractivity contribution in [3.63, 3.8) is 0 Å². The van der Waals surface area contributed by atoms with Gasteiger partial charge in [0.25, 0.3) is 0 Å². The van der Waals surface area contributed by atoms with E-state index < -0.39 is 0 Å². The topological polar surface area (TPSA) is 81.1 Å². The van der Waals surface area contributed by atoms with Gasteiger partial charge in [-0.15, -0.1) is 11.8 Å². The summed E-state index contributed by atoms with van der Waals surface area (Å²) in [7, 11) is 0. The Morgan fingerprint density at radius 3 is 2.48 bits per heavy atom. The number of amides is 1. The molecule has 0 saturated heterocycles. The maximum Gasteiger partial charge on any atom is 0.238 e. The second kappa shape index (κ2) is 7.49. The van der Waals surface area contributed by atoms with E-state index in [-0.39, 0.29) is 5.91 Å². The lowest BCUT2D eigenvalue weighted by Crippen LogP contribution is -2.31. The zero-order chi connectivity index (χ0) is 15.2. The van der Waals surface area contributed by atoms with Crippen LogP contribution in [0.4, 0.5) is 5.69 Å². The van der Waals surface area contributed by atoms with Crippen molar-refractivity contribution in [2.24, 2.45) is 5.84 Å². The predicted molar refractivity (Wildman–Crippen MR) is 90.6 cm³/mol. The first-order chi connectivity index (χ1) is 10.1. The predicted octanol–water partition coefficient (Wildman–Crippen LogP) is 2.86. The highest BCUT2D eigenvalue weighted by Gasteiger charge is 2.04. The third-order valence-corrected chi connectivity index (χ3v) is 4.55. The molecule has 0 unspecified atom stereocenters. The standard InChI is InChI=1S/C15H16BrN3OS/c16-12-5-6-13(17)14(8-12)21-9-11-3-1-10(2-4-11)7-15(20)19-18/h1-6,8H,7,9,17-18H2,(H,19,20). The van der Waals surface area contributed by atoms with E-state index >= 15 is 0 Å². The van der Waals surface area contributed by atoms with Crippen LogP contribution in [0.3, 0.4) is 0 Å². The van der Waals surface area contributed by atoms with Crippen LogP contribution in [0.25, 0.3) is 0 Å². The number of carbonyl (C=O) groups excluding carboxylic acids is 1. The fraction of sp³-hybridized carbons (Fsp3) is 0.133. The number of anilines is 1. The van der Waals surface area contributed by atoms with Crippen LogP contribution in [0, 0.1) is 0 Å². The van der Waals surface area contributed by atoms with Crippen molar-refractivity contribution < 1.29 is 4.79 Å². The number of nitrogens with one attached hydrogen (secondary N) is 1. The molecule has 0 atom stereocenters. The molecule has 0 aromatic heterocycles. The molecular formula is C15H16BrN3OS. The summed E-state index contributed by atoms with van der Waals surface area (Å²) in [5, 5.41) is 0. The van der Waals surface area contributed by atoms with Crippen molar-refractivity contribution in [1.82, 2.24) is 5.43 Å². The Hall–Kier alpha value is -1.50. The van der Waals surface area contributed by atoms with Gasteiger partial charge >= 0.3 is 0 Å². The van der Waals surface area contributed by atoms with E-state index in [0.717, 1.165) is 26.4 Å². The smallest absolute Gasteiger partial charge is 0.238 e. The maximum atomic E-state index is 11.2. The molecule has 4 nitrogen and oxygen atoms in total. The number of rotatable bonds is 5. The van der Waals surface area contributed by atoms with E-state index in [2.05, 4.69) is 21.4 Å². The lowest BCUT2D eigenvalue weighted by molar-refractivity contribution is -0.120. The quantitative estimate of drug-likeness (QED) is 0.250. The minimum Gasteiger partial charge on any atom is -0.398 e. The molecule has 5 N–H and O–H groups in total. The van der Waals surface area contributed by atoms with Gasteiger partial charge in [-0.3, -0.25) is 10.2 Å². The number of halogens is 1. The number of nitrogens with two attached hydrogens (primary N) is 2. The average molecular weight is 366 g/mol. The van der Waals surface area contributed by atoms with Gasteiger partial charge in [-0.25, -0.2) is 5.84 Å². The van der Waals surface area contributed by atoms with Gasteiger partial charge in [0.1, 0.15) is 0 Å². The van der Waals surface area contributed by atoms with E-state index in [9.17, 15) is 4.79 Å². The highest BCUT2D eigenvalue weighted by molar-refractivity contribution is 9.10. The van der Waals surface area contributed by atoms with Gasteiger partial charge in [0.05, 0.1) is 6.42 Å². The molecule has 0 spiro atoms. The first-order valence-corrected chi connectivity index (χ1v) is 8.11. The van der Waals surface area contributed by atoms with Gasteiger partial charge in [0, 0.05) is 20.8 Å². The van der Waals surface area contributed by atoms with Gasteiger partial charge in [0.2, 0.25) is 5.91 Å². The molecule has 0 aliphatic heterocycles. The van der Waals surface area contributed by atoms with Gasteiger partial charge in [-0.2, -0.15) is 0 Å². The monoisotopic (exact) mass is 365 g/mol. The summed E-state index contributed by atoms with van der Waals surface area (Å²) in [4.78, 5) is 12.2. The molecule has 0 heterocycles. The molecule has 2 aromatic rings. The summed E-state index contributed by atoms with van der Waals surface area (Å²) in [6, 6.07) is 13.7. The zero-order valence-electron chi connectivity index (χ0n) is 11.3. The third kappa shape index (κ3) is 4.77.